The molecule has 1 N–H and O–H groups in total. The third-order valence-corrected chi connectivity index (χ3v) is 3.14. The maximum atomic E-state index is 10.3. The lowest BCUT2D eigenvalue weighted by atomic mass is 10.0. The minimum atomic E-state index is -0.979. The summed E-state index contributed by atoms with van der Waals surface area (Å²) in [5.74, 6) is -0.234. The molecule has 3 nitrogen and oxygen atoms in total. The fourth-order valence-corrected chi connectivity index (χ4v) is 2.03. The quantitative estimate of drug-likeness (QED) is 0.791. The first-order valence-electron chi connectivity index (χ1n) is 5.91. The van der Waals surface area contributed by atoms with Gasteiger partial charge in [-0.3, -0.25) is 0 Å². The smallest absolute Gasteiger partial charge is 0.210 e. The lowest BCUT2D eigenvalue weighted by molar-refractivity contribution is -0.167. The van der Waals surface area contributed by atoms with Crippen molar-refractivity contribution in [3.05, 3.63) is 30.3 Å². The zero-order valence-electron chi connectivity index (χ0n) is 9.72. The van der Waals surface area contributed by atoms with Crippen molar-refractivity contribution in [2.75, 3.05) is 19.6 Å². The summed E-state index contributed by atoms with van der Waals surface area (Å²) in [5, 5.41) is 10.3. The molecule has 0 aromatic heterocycles. The predicted octanol–water partition coefficient (Wildman–Crippen LogP) is 1.87. The molecule has 2 rings (SSSR count). The van der Waals surface area contributed by atoms with Gasteiger partial charge in [0.25, 0.3) is 0 Å². The van der Waals surface area contributed by atoms with Gasteiger partial charge in [-0.15, -0.1) is 0 Å². The van der Waals surface area contributed by atoms with E-state index in [9.17, 15) is 5.11 Å². The molecule has 0 spiro atoms. The largest absolute Gasteiger partial charge is 0.462 e. The van der Waals surface area contributed by atoms with E-state index >= 15 is 0 Å². The van der Waals surface area contributed by atoms with Crippen LogP contribution < -0.4 is 4.74 Å². The van der Waals surface area contributed by atoms with Crippen LogP contribution in [-0.2, 0) is 0 Å². The first kappa shape index (κ1) is 11.4. The van der Waals surface area contributed by atoms with Crippen LogP contribution in [0.2, 0.25) is 0 Å². The number of hydrogen-bond donors (Lipinski definition) is 1. The van der Waals surface area contributed by atoms with E-state index in [1.807, 2.05) is 30.3 Å². The number of likely N-dealkylation sites (tertiary alicyclic amines) is 1. The second-order valence-corrected chi connectivity index (χ2v) is 4.30. The molecule has 0 amide bonds. The monoisotopic (exact) mass is 221 g/mol. The van der Waals surface area contributed by atoms with Crippen LogP contribution in [0.4, 0.5) is 0 Å². The zero-order chi connectivity index (χ0) is 11.4. The van der Waals surface area contributed by atoms with Gasteiger partial charge < -0.3 is 14.7 Å². The molecule has 16 heavy (non-hydrogen) atoms. The molecular weight excluding hydrogens is 202 g/mol. The molecule has 0 atom stereocenters. The van der Waals surface area contributed by atoms with Crippen molar-refractivity contribution in [1.29, 1.82) is 0 Å². The lowest BCUT2D eigenvalue weighted by Gasteiger charge is -2.37. The number of benzene rings is 1. The number of rotatable bonds is 3. The Kier molecular flexibility index (Phi) is 3.46. The number of nitrogens with zero attached hydrogens (tertiary/aromatic N) is 1. The van der Waals surface area contributed by atoms with Crippen molar-refractivity contribution in [2.24, 2.45) is 0 Å². The van der Waals surface area contributed by atoms with Crippen LogP contribution in [0.1, 0.15) is 19.8 Å². The molecule has 1 heterocycles. The molecule has 1 saturated heterocycles. The van der Waals surface area contributed by atoms with E-state index in [4.69, 9.17) is 4.74 Å². The molecule has 1 aromatic carbocycles. The van der Waals surface area contributed by atoms with Crippen LogP contribution in [0.15, 0.2) is 30.3 Å². The Morgan fingerprint density at radius 3 is 2.44 bits per heavy atom. The summed E-state index contributed by atoms with van der Waals surface area (Å²) in [6, 6.07) is 9.53. The molecule has 88 valence electrons. The minimum Gasteiger partial charge on any atom is -0.462 e. The van der Waals surface area contributed by atoms with E-state index in [0.717, 1.165) is 25.4 Å². The van der Waals surface area contributed by atoms with Crippen molar-refractivity contribution in [2.45, 2.75) is 25.6 Å². The molecule has 1 aromatic rings. The number of hydrogen-bond acceptors (Lipinski definition) is 3. The van der Waals surface area contributed by atoms with Crippen molar-refractivity contribution < 1.29 is 9.84 Å². The third-order valence-electron chi connectivity index (χ3n) is 3.14. The standard InChI is InChI=1S/C13H19NO2/c1-2-14-10-8-13(15,9-11-14)16-12-6-4-3-5-7-12/h3-7,15H,2,8-11H2,1H3. The molecule has 1 aliphatic heterocycles. The number of piperidine rings is 1. The van der Waals surface area contributed by atoms with Crippen molar-refractivity contribution in [3.8, 4) is 5.75 Å². The minimum absolute atomic E-state index is 0.676. The Balaban J connectivity index is 1.95. The summed E-state index contributed by atoms with van der Waals surface area (Å²) < 4.78 is 5.66. The summed E-state index contributed by atoms with van der Waals surface area (Å²) in [4.78, 5) is 2.32. The second kappa shape index (κ2) is 4.85. The first-order chi connectivity index (χ1) is 7.72. The van der Waals surface area contributed by atoms with Gasteiger partial charge in [-0.1, -0.05) is 25.1 Å². The molecular formula is C13H19NO2. The second-order valence-electron chi connectivity index (χ2n) is 4.30. The van der Waals surface area contributed by atoms with Gasteiger partial charge in [0.2, 0.25) is 5.79 Å². The molecule has 1 aliphatic rings. The van der Waals surface area contributed by atoms with Crippen LogP contribution in [0.25, 0.3) is 0 Å². The first-order valence-corrected chi connectivity index (χ1v) is 5.91. The van der Waals surface area contributed by atoms with E-state index in [1.54, 1.807) is 0 Å². The highest BCUT2D eigenvalue weighted by Gasteiger charge is 2.33. The van der Waals surface area contributed by atoms with E-state index < -0.39 is 5.79 Å². The number of ether oxygens (including phenoxy) is 1. The van der Waals surface area contributed by atoms with Gasteiger partial charge in [-0.25, -0.2) is 0 Å². The summed E-state index contributed by atoms with van der Waals surface area (Å²) in [6.07, 6.45) is 1.35. The Morgan fingerprint density at radius 2 is 1.88 bits per heavy atom. The summed E-state index contributed by atoms with van der Waals surface area (Å²) in [6.45, 7) is 4.99. The molecule has 0 saturated carbocycles. The summed E-state index contributed by atoms with van der Waals surface area (Å²) in [7, 11) is 0. The fraction of sp³-hybridized carbons (Fsp3) is 0.538. The maximum absolute atomic E-state index is 10.3. The Labute approximate surface area is 96.6 Å². The predicted molar refractivity (Wildman–Crippen MR) is 63.4 cm³/mol. The lowest BCUT2D eigenvalue weighted by Crippen LogP contribution is -2.47. The van der Waals surface area contributed by atoms with E-state index in [1.165, 1.54) is 0 Å². The van der Waals surface area contributed by atoms with E-state index in [-0.39, 0.29) is 0 Å². The highest BCUT2D eigenvalue weighted by Crippen LogP contribution is 2.25. The van der Waals surface area contributed by atoms with Crippen LogP contribution in [0.5, 0.6) is 5.75 Å². The van der Waals surface area contributed by atoms with Gasteiger partial charge in [-0.05, 0) is 18.7 Å². The molecule has 0 unspecified atom stereocenters. The average Bonchev–Trinajstić information content (AvgIpc) is 2.31. The molecule has 3 heteroatoms. The average molecular weight is 221 g/mol. The number of aliphatic hydroxyl groups is 1. The van der Waals surface area contributed by atoms with Crippen LogP contribution in [0, 0.1) is 0 Å². The summed E-state index contributed by atoms with van der Waals surface area (Å²) in [5.41, 5.74) is 0. The van der Waals surface area contributed by atoms with E-state index in [0.29, 0.717) is 12.8 Å². The normalized spacial score (nSPS) is 20.6. The van der Waals surface area contributed by atoms with Gasteiger partial charge in [-0.2, -0.15) is 0 Å². The number of para-hydroxylation sites is 1. The van der Waals surface area contributed by atoms with Crippen molar-refractivity contribution >= 4 is 0 Å². The zero-order valence-corrected chi connectivity index (χ0v) is 9.72. The van der Waals surface area contributed by atoms with Gasteiger partial charge in [0.15, 0.2) is 0 Å². The van der Waals surface area contributed by atoms with Gasteiger partial charge >= 0.3 is 0 Å². The van der Waals surface area contributed by atoms with Crippen molar-refractivity contribution in [1.82, 2.24) is 4.90 Å². The van der Waals surface area contributed by atoms with Crippen LogP contribution >= 0.6 is 0 Å². The Bertz CT molecular complexity index is 318. The topological polar surface area (TPSA) is 32.7 Å². The highest BCUT2D eigenvalue weighted by atomic mass is 16.6. The Morgan fingerprint density at radius 1 is 1.25 bits per heavy atom. The molecule has 0 aliphatic carbocycles. The molecule has 0 bridgehead atoms. The van der Waals surface area contributed by atoms with Crippen molar-refractivity contribution in [3.63, 3.8) is 0 Å². The summed E-state index contributed by atoms with van der Waals surface area (Å²) >= 11 is 0. The van der Waals surface area contributed by atoms with Crippen LogP contribution in [-0.4, -0.2) is 35.4 Å². The Hall–Kier alpha value is -1.06. The van der Waals surface area contributed by atoms with Gasteiger partial charge in [0, 0.05) is 25.9 Å². The van der Waals surface area contributed by atoms with E-state index in [2.05, 4.69) is 11.8 Å². The SMILES string of the molecule is CCN1CCC(O)(Oc2ccccc2)CC1. The highest BCUT2D eigenvalue weighted by molar-refractivity contribution is 5.21. The molecule has 0 radical (unpaired) electrons. The van der Waals surface area contributed by atoms with Gasteiger partial charge in [0.1, 0.15) is 5.75 Å². The van der Waals surface area contributed by atoms with Gasteiger partial charge in [0.05, 0.1) is 0 Å². The molecule has 1 fully saturated rings. The third kappa shape index (κ3) is 2.74. The van der Waals surface area contributed by atoms with Crippen LogP contribution in [0.3, 0.4) is 0 Å². The fourth-order valence-electron chi connectivity index (χ4n) is 2.03. The maximum Gasteiger partial charge on any atom is 0.210 e.